The first kappa shape index (κ1) is 51.1. The molecule has 9 atom stereocenters. The van der Waals surface area contributed by atoms with Crippen LogP contribution in [0.25, 0.3) is 6.08 Å². The Bertz CT molecular complexity index is 2130. The van der Waals surface area contributed by atoms with Crippen molar-refractivity contribution >= 4 is 41.7 Å². The fraction of sp³-hybridized carbons (Fsp3) is 0.561. The summed E-state index contributed by atoms with van der Waals surface area (Å²) in [7, 11) is 0. The van der Waals surface area contributed by atoms with Crippen molar-refractivity contribution in [3.63, 3.8) is 0 Å². The van der Waals surface area contributed by atoms with Gasteiger partial charge in [-0.1, -0.05) is 24.6 Å². The lowest BCUT2D eigenvalue weighted by molar-refractivity contribution is -0.338. The molecule has 0 spiro atoms. The molecule has 0 radical (unpaired) electrons. The number of aromatic hydroxyl groups is 1. The topological polar surface area (TPSA) is 329 Å². The lowest BCUT2D eigenvalue weighted by Gasteiger charge is -2.47. The van der Waals surface area contributed by atoms with Gasteiger partial charge in [0.1, 0.15) is 36.4 Å². The van der Waals surface area contributed by atoms with Crippen molar-refractivity contribution in [3.8, 4) is 11.5 Å². The number of carbonyl (C=O) groups is 4. The highest BCUT2D eigenvalue weighted by Crippen LogP contribution is 2.49. The summed E-state index contributed by atoms with van der Waals surface area (Å²) in [4.78, 5) is 50.0. The molecule has 4 heterocycles. The second kappa shape index (κ2) is 22.2. The molecule has 0 aliphatic carbocycles. The zero-order chi connectivity index (χ0) is 48.5. The van der Waals surface area contributed by atoms with Gasteiger partial charge in [-0.2, -0.15) is 35.2 Å². The fourth-order valence-corrected chi connectivity index (χ4v) is 9.00. The van der Waals surface area contributed by atoms with Crippen molar-refractivity contribution in [3.05, 3.63) is 64.9 Å². The number of halogens is 3. The zero-order valence-electron chi connectivity index (χ0n) is 35.5. The van der Waals surface area contributed by atoms with Gasteiger partial charge < -0.3 is 80.7 Å². The molecule has 4 aliphatic heterocycles. The molecule has 26 heteroatoms. The summed E-state index contributed by atoms with van der Waals surface area (Å²) in [6, 6.07) is 7.97. The highest BCUT2D eigenvalue weighted by molar-refractivity contribution is 8.00. The molecular formula is C41H51F3N6O16S. The molecule has 2 aromatic carbocycles. The number of phenols is 1. The number of carbonyl (C=O) groups excluding carboxylic acids is 3. The number of hydrogen-bond donors (Lipinski definition) is 11. The number of nitrogens with one attached hydrogen (secondary N) is 4. The molecule has 67 heavy (non-hydrogen) atoms. The molecule has 4 unspecified atom stereocenters. The minimum absolute atomic E-state index is 0.0311. The van der Waals surface area contributed by atoms with Gasteiger partial charge in [-0.3, -0.25) is 9.59 Å². The third kappa shape index (κ3) is 12.6. The van der Waals surface area contributed by atoms with Gasteiger partial charge in [-0.25, -0.2) is 9.59 Å². The van der Waals surface area contributed by atoms with Gasteiger partial charge in [0.15, 0.2) is 0 Å². The average Bonchev–Trinajstić information content (AvgIpc) is 3.89. The van der Waals surface area contributed by atoms with E-state index in [4.69, 9.17) is 23.7 Å². The molecule has 3 fully saturated rings. The molecule has 3 saturated heterocycles. The van der Waals surface area contributed by atoms with Gasteiger partial charge in [-0.15, -0.1) is 0 Å². The second-order valence-corrected chi connectivity index (χ2v) is 17.1. The Balaban J connectivity index is 1.03. The van der Waals surface area contributed by atoms with E-state index in [1.54, 1.807) is 0 Å². The smallest absolute Gasteiger partial charge is 0.419 e. The van der Waals surface area contributed by atoms with E-state index in [1.165, 1.54) is 24.3 Å². The lowest BCUT2D eigenvalue weighted by Crippen LogP contribution is -2.73. The number of ether oxygens (including phenoxy) is 5. The van der Waals surface area contributed by atoms with Crippen LogP contribution in [0.3, 0.4) is 0 Å². The van der Waals surface area contributed by atoms with Crippen LogP contribution in [0.4, 0.5) is 18.0 Å². The highest BCUT2D eigenvalue weighted by atomic mass is 32.2. The monoisotopic (exact) mass is 972 g/mol. The van der Waals surface area contributed by atoms with Crippen LogP contribution < -0.4 is 26.0 Å². The van der Waals surface area contributed by atoms with E-state index < -0.39 is 83.8 Å². The predicted octanol–water partition coefficient (Wildman–Crippen LogP) is 0.188. The number of alkyl halides is 3. The van der Waals surface area contributed by atoms with Crippen LogP contribution >= 0.6 is 11.8 Å². The number of aliphatic carboxylic acids is 1. The van der Waals surface area contributed by atoms with Crippen molar-refractivity contribution in [2.75, 3.05) is 51.9 Å². The lowest BCUT2D eigenvalue weighted by atomic mass is 9.92. The summed E-state index contributed by atoms with van der Waals surface area (Å²) >= 11 is 1.81. The Morgan fingerprint density at radius 2 is 1.72 bits per heavy atom. The summed E-state index contributed by atoms with van der Waals surface area (Å²) in [5, 5.41) is 90.7. The highest BCUT2D eigenvalue weighted by Gasteiger charge is 2.62. The van der Waals surface area contributed by atoms with E-state index in [-0.39, 0.29) is 80.5 Å². The summed E-state index contributed by atoms with van der Waals surface area (Å²) in [6.07, 6.45) is -13.2. The van der Waals surface area contributed by atoms with Crippen LogP contribution in [0, 0.1) is 0 Å². The zero-order valence-corrected chi connectivity index (χ0v) is 36.3. The van der Waals surface area contributed by atoms with Gasteiger partial charge in [0, 0.05) is 29.5 Å². The molecule has 0 aromatic heterocycles. The number of fused-ring (bicyclic) bond motifs is 1. The van der Waals surface area contributed by atoms with Crippen LogP contribution in [0.15, 0.2) is 58.5 Å². The van der Waals surface area contributed by atoms with Gasteiger partial charge in [0.05, 0.1) is 50.7 Å². The number of carboxylic acid groups (broad SMARTS) is 1. The Labute approximate surface area is 383 Å². The van der Waals surface area contributed by atoms with E-state index in [9.17, 15) is 68.1 Å². The van der Waals surface area contributed by atoms with Crippen LogP contribution in [-0.4, -0.2) is 171 Å². The summed E-state index contributed by atoms with van der Waals surface area (Å²) in [5.74, 6) is -3.91. The van der Waals surface area contributed by atoms with E-state index in [0.717, 1.165) is 42.9 Å². The number of phenolic OH excluding ortho intramolecular Hbond substituents is 1. The number of amides is 4. The van der Waals surface area contributed by atoms with E-state index in [2.05, 4.69) is 26.2 Å². The number of unbranched alkanes of at least 4 members (excludes halogenated alkanes) is 1. The minimum atomic E-state index is -5.18. The third-order valence-electron chi connectivity index (χ3n) is 11.1. The number of nitrogens with zero attached hydrogens (tertiary/aromatic N) is 2. The fourth-order valence-electron chi connectivity index (χ4n) is 7.46. The van der Waals surface area contributed by atoms with Crippen LogP contribution in [0.5, 0.6) is 11.5 Å². The molecule has 4 amide bonds. The van der Waals surface area contributed by atoms with Crippen molar-refractivity contribution < 1.29 is 91.8 Å². The molecule has 0 bridgehead atoms. The second-order valence-electron chi connectivity index (χ2n) is 15.8. The predicted molar refractivity (Wildman–Crippen MR) is 224 cm³/mol. The summed E-state index contributed by atoms with van der Waals surface area (Å²) in [6.45, 7) is -0.960. The number of urea groups is 1. The normalized spacial score (nSPS) is 26.8. The largest absolute Gasteiger partial charge is 0.508 e. The third-order valence-corrected chi connectivity index (χ3v) is 12.6. The Kier molecular flexibility index (Phi) is 16.9. The molecule has 0 saturated carbocycles. The number of hydrogen-bond acceptors (Lipinski definition) is 18. The first-order valence-corrected chi connectivity index (χ1v) is 22.1. The Hall–Kier alpha value is -5.32. The maximum absolute atomic E-state index is 13.9. The van der Waals surface area contributed by atoms with Crippen molar-refractivity contribution in [1.82, 2.24) is 21.3 Å². The van der Waals surface area contributed by atoms with Crippen molar-refractivity contribution in [2.24, 2.45) is 10.2 Å². The average molecular weight is 973 g/mol. The van der Waals surface area contributed by atoms with Crippen molar-refractivity contribution in [2.45, 2.75) is 91.3 Å². The first-order chi connectivity index (χ1) is 31.9. The number of carboxylic acids is 1. The number of aliphatic hydroxyl groups is 5. The maximum Gasteiger partial charge on any atom is 0.419 e. The quantitative estimate of drug-likeness (QED) is 0.0220. The van der Waals surface area contributed by atoms with Crippen LogP contribution in [-0.2, 0) is 34.2 Å². The van der Waals surface area contributed by atoms with Crippen LogP contribution in [0.2, 0.25) is 0 Å². The first-order valence-electron chi connectivity index (χ1n) is 21.0. The number of benzene rings is 2. The van der Waals surface area contributed by atoms with Gasteiger partial charge >= 0.3 is 18.2 Å². The number of rotatable bonds is 24. The number of aliphatic hydroxyl groups excluding tert-OH is 4. The van der Waals surface area contributed by atoms with E-state index in [1.807, 2.05) is 17.1 Å². The molecule has 4 aliphatic rings. The van der Waals surface area contributed by atoms with Crippen LogP contribution in [0.1, 0.15) is 47.2 Å². The Morgan fingerprint density at radius 1 is 1.01 bits per heavy atom. The molecular weight excluding hydrogens is 922 g/mol. The SMILES string of the molecule is O=C(CCCCC1SCC2NC(=O)NC21)NCCOCCOCCOc1cc(C2(C(O)C(F)(F)F)N=N2)ccc1C(=O)N[C@]1(O)[C@H](O/C(=C\c2ccc(O)cc2)C(=O)O)O[C@H](CO)[C@H](O)[C@@H]1O. The maximum atomic E-state index is 13.9. The molecule has 22 nitrogen and oxygen atoms in total. The van der Waals surface area contributed by atoms with Crippen molar-refractivity contribution in [1.29, 1.82) is 0 Å². The minimum Gasteiger partial charge on any atom is -0.508 e. The molecule has 368 valence electrons. The molecule has 2 aromatic rings. The van der Waals surface area contributed by atoms with Gasteiger partial charge in [0.25, 0.3) is 12.2 Å². The van der Waals surface area contributed by atoms with E-state index >= 15 is 0 Å². The van der Waals surface area contributed by atoms with Gasteiger partial charge in [0.2, 0.25) is 29.2 Å². The number of thioether (sulfide) groups is 1. The Morgan fingerprint density at radius 3 is 2.39 bits per heavy atom. The molecule has 11 N–H and O–H groups in total. The summed E-state index contributed by atoms with van der Waals surface area (Å²) in [5.41, 5.74) is -6.44. The standard InChI is InChI=1S/C41H51F3N6O16S/c42-41(43,44)36(59)39(49-50-39)22-7-10-24(34(56)48-40(61)33(55)32(54)28(19-51)66-37(40)65-27(35(57)58)17-21-5-8-23(52)9-6-21)26(18-22)64-16-15-63-14-13-62-12-11-45-30(53)4-2-1-3-29-31-25(20-67-29)46-38(60)47-31/h5-10,17-18,25,28-29,31-33,36-37,51-52,54-55,59,61H,1-4,11-16,19-20H2,(H,45,53)(H,48,56)(H,57,58)(H2,46,47,60)/b27-17-/t25?,28-,29?,31?,32+,33+,36?,37-,40-/m1/s1. The van der Waals surface area contributed by atoms with E-state index in [0.29, 0.717) is 18.1 Å². The summed E-state index contributed by atoms with van der Waals surface area (Å²) < 4.78 is 68.4. The molecule has 6 rings (SSSR count). The van der Waals surface area contributed by atoms with Gasteiger partial charge in [-0.05, 0) is 48.7 Å².